The molecule has 2 aromatic rings. The molecule has 24 heavy (non-hydrogen) atoms. The van der Waals surface area contributed by atoms with Crippen LogP contribution in [0, 0.1) is 0 Å². The average molecular weight is 350 g/mol. The molecule has 0 bridgehead atoms. The predicted octanol–water partition coefficient (Wildman–Crippen LogP) is 3.13. The van der Waals surface area contributed by atoms with E-state index in [0.717, 1.165) is 12.1 Å². The zero-order valence-corrected chi connectivity index (χ0v) is 14.4. The van der Waals surface area contributed by atoms with Crippen LogP contribution >= 0.6 is 11.6 Å². The molecule has 8 heteroatoms. The highest BCUT2D eigenvalue weighted by molar-refractivity contribution is 6.33. The first-order chi connectivity index (χ1) is 11.5. The van der Waals surface area contributed by atoms with Crippen molar-refractivity contribution in [1.29, 1.82) is 0 Å². The van der Waals surface area contributed by atoms with Gasteiger partial charge in [-0.3, -0.25) is 9.48 Å². The van der Waals surface area contributed by atoms with Crippen molar-refractivity contribution in [3.05, 3.63) is 41.2 Å². The summed E-state index contributed by atoms with van der Waals surface area (Å²) in [7, 11) is 1.80. The van der Waals surface area contributed by atoms with Crippen molar-refractivity contribution in [3.63, 3.8) is 0 Å². The number of anilines is 2. The zero-order chi connectivity index (χ0) is 17.5. The van der Waals surface area contributed by atoms with E-state index in [1.165, 1.54) is 0 Å². The van der Waals surface area contributed by atoms with Gasteiger partial charge >= 0.3 is 6.03 Å². The molecule has 3 N–H and O–H groups in total. The van der Waals surface area contributed by atoms with Crippen LogP contribution in [-0.4, -0.2) is 21.7 Å². The molecule has 0 saturated carbocycles. The Morgan fingerprint density at radius 1 is 1.25 bits per heavy atom. The Labute approximate surface area is 145 Å². The number of urea groups is 1. The number of rotatable bonds is 6. The highest BCUT2D eigenvalue weighted by Gasteiger charge is 2.09. The van der Waals surface area contributed by atoms with E-state index < -0.39 is 6.03 Å². The molecule has 0 fully saturated rings. The van der Waals surface area contributed by atoms with E-state index in [0.29, 0.717) is 29.4 Å². The van der Waals surface area contributed by atoms with Gasteiger partial charge in [0.05, 0.1) is 22.9 Å². The molecule has 1 heterocycles. The summed E-state index contributed by atoms with van der Waals surface area (Å²) < 4.78 is 1.68. The van der Waals surface area contributed by atoms with E-state index in [1.807, 2.05) is 13.0 Å². The van der Waals surface area contributed by atoms with Crippen molar-refractivity contribution < 1.29 is 9.59 Å². The second-order valence-corrected chi connectivity index (χ2v) is 5.65. The van der Waals surface area contributed by atoms with Gasteiger partial charge in [0.15, 0.2) is 0 Å². The number of carbonyl (C=O) groups is 2. The number of aryl methyl sites for hydroxylation is 1. The molecular weight excluding hydrogens is 330 g/mol. The normalized spacial score (nSPS) is 10.3. The quantitative estimate of drug-likeness (QED) is 0.748. The largest absolute Gasteiger partial charge is 0.332 e. The molecule has 0 atom stereocenters. The van der Waals surface area contributed by atoms with Crippen molar-refractivity contribution in [1.82, 2.24) is 15.1 Å². The number of halogens is 1. The minimum Gasteiger partial charge on any atom is -0.332 e. The number of hydrogen-bond acceptors (Lipinski definition) is 3. The number of amides is 3. The smallest absolute Gasteiger partial charge is 0.319 e. The minimum absolute atomic E-state index is 0.0774. The lowest BCUT2D eigenvalue weighted by molar-refractivity contribution is -0.116. The summed E-state index contributed by atoms with van der Waals surface area (Å²) in [5, 5.41) is 12.6. The maximum absolute atomic E-state index is 12.0. The van der Waals surface area contributed by atoms with E-state index in [2.05, 4.69) is 21.0 Å². The maximum atomic E-state index is 12.0. The van der Waals surface area contributed by atoms with Crippen molar-refractivity contribution in [2.45, 2.75) is 26.3 Å². The molecule has 0 aliphatic rings. The molecule has 0 aliphatic heterocycles. The van der Waals surface area contributed by atoms with E-state index in [4.69, 9.17) is 11.6 Å². The monoisotopic (exact) mass is 349 g/mol. The molecule has 128 valence electrons. The fourth-order valence-electron chi connectivity index (χ4n) is 2.06. The Balaban J connectivity index is 1.96. The fourth-order valence-corrected chi connectivity index (χ4v) is 2.23. The van der Waals surface area contributed by atoms with Crippen molar-refractivity contribution in [2.24, 2.45) is 7.05 Å². The van der Waals surface area contributed by atoms with Crippen LogP contribution in [0.1, 0.15) is 25.5 Å². The van der Waals surface area contributed by atoms with Gasteiger partial charge in [-0.1, -0.05) is 18.5 Å². The zero-order valence-electron chi connectivity index (χ0n) is 13.6. The first-order valence-corrected chi connectivity index (χ1v) is 7.98. The van der Waals surface area contributed by atoms with E-state index >= 15 is 0 Å². The van der Waals surface area contributed by atoms with Crippen LogP contribution in [0.2, 0.25) is 5.02 Å². The standard InChI is InChI=1S/C16H20ClN5O2/c1-3-4-15(23)20-11-5-6-13(17)14(9-11)21-16(24)18-10-12-7-8-19-22(12)2/h5-9H,3-4,10H2,1-2H3,(H,20,23)(H2,18,21,24). The summed E-state index contributed by atoms with van der Waals surface area (Å²) >= 11 is 6.09. The molecule has 1 aromatic carbocycles. The molecule has 3 amide bonds. The van der Waals surface area contributed by atoms with Crippen molar-refractivity contribution in [2.75, 3.05) is 10.6 Å². The number of benzene rings is 1. The van der Waals surface area contributed by atoms with Gasteiger partial charge in [0.2, 0.25) is 5.91 Å². The summed E-state index contributed by atoms with van der Waals surface area (Å²) in [4.78, 5) is 23.7. The Bertz CT molecular complexity index is 729. The molecule has 7 nitrogen and oxygen atoms in total. The number of carbonyl (C=O) groups excluding carboxylic acids is 2. The Hall–Kier alpha value is -2.54. The summed E-state index contributed by atoms with van der Waals surface area (Å²) in [6, 6.07) is 6.36. The van der Waals surface area contributed by atoms with Gasteiger partial charge in [-0.25, -0.2) is 4.79 Å². The highest BCUT2D eigenvalue weighted by atomic mass is 35.5. The lowest BCUT2D eigenvalue weighted by Crippen LogP contribution is -2.29. The molecule has 0 aliphatic carbocycles. The molecular formula is C16H20ClN5O2. The number of nitrogens with one attached hydrogen (secondary N) is 3. The maximum Gasteiger partial charge on any atom is 0.319 e. The predicted molar refractivity (Wildman–Crippen MR) is 94.1 cm³/mol. The topological polar surface area (TPSA) is 88.1 Å². The summed E-state index contributed by atoms with van der Waals surface area (Å²) in [5.41, 5.74) is 1.88. The third-order valence-electron chi connectivity index (χ3n) is 3.33. The molecule has 0 saturated heterocycles. The molecule has 0 unspecified atom stereocenters. The Morgan fingerprint density at radius 2 is 2.04 bits per heavy atom. The van der Waals surface area contributed by atoms with Crippen LogP contribution in [0.4, 0.5) is 16.2 Å². The van der Waals surface area contributed by atoms with Crippen LogP contribution < -0.4 is 16.0 Å². The number of aromatic nitrogens is 2. The van der Waals surface area contributed by atoms with Crippen molar-refractivity contribution >= 4 is 34.9 Å². The molecule has 2 rings (SSSR count). The highest BCUT2D eigenvalue weighted by Crippen LogP contribution is 2.25. The third-order valence-corrected chi connectivity index (χ3v) is 3.66. The van der Waals surface area contributed by atoms with Gasteiger partial charge in [-0.15, -0.1) is 0 Å². The van der Waals surface area contributed by atoms with Gasteiger partial charge in [0.25, 0.3) is 0 Å². The first kappa shape index (κ1) is 17.8. The summed E-state index contributed by atoms with van der Waals surface area (Å²) in [6.45, 7) is 2.27. The lowest BCUT2D eigenvalue weighted by Gasteiger charge is -2.11. The van der Waals surface area contributed by atoms with Crippen LogP contribution in [0.3, 0.4) is 0 Å². The fraction of sp³-hybridized carbons (Fsp3) is 0.312. The molecule has 1 aromatic heterocycles. The number of hydrogen-bond donors (Lipinski definition) is 3. The van der Waals surface area contributed by atoms with Crippen LogP contribution in [0.5, 0.6) is 0 Å². The number of nitrogens with zero attached hydrogens (tertiary/aromatic N) is 2. The molecule has 0 radical (unpaired) electrons. The van der Waals surface area contributed by atoms with Gasteiger partial charge in [0, 0.05) is 25.4 Å². The van der Waals surface area contributed by atoms with Gasteiger partial charge < -0.3 is 16.0 Å². The first-order valence-electron chi connectivity index (χ1n) is 7.60. The second kappa shape index (κ2) is 8.35. The lowest BCUT2D eigenvalue weighted by atomic mass is 10.2. The van der Waals surface area contributed by atoms with E-state index in [-0.39, 0.29) is 5.91 Å². The van der Waals surface area contributed by atoms with Crippen LogP contribution in [0.15, 0.2) is 30.5 Å². The second-order valence-electron chi connectivity index (χ2n) is 5.25. The summed E-state index contributed by atoms with van der Waals surface area (Å²) in [5.74, 6) is -0.0774. The van der Waals surface area contributed by atoms with Crippen LogP contribution in [-0.2, 0) is 18.4 Å². The van der Waals surface area contributed by atoms with Gasteiger partial charge in [-0.05, 0) is 30.7 Å². The Morgan fingerprint density at radius 3 is 2.71 bits per heavy atom. The van der Waals surface area contributed by atoms with Crippen molar-refractivity contribution in [3.8, 4) is 0 Å². The van der Waals surface area contributed by atoms with E-state index in [9.17, 15) is 9.59 Å². The molecule has 0 spiro atoms. The third kappa shape index (κ3) is 4.99. The average Bonchev–Trinajstić information content (AvgIpc) is 2.94. The van der Waals surface area contributed by atoms with Gasteiger partial charge in [-0.2, -0.15) is 5.10 Å². The summed E-state index contributed by atoms with van der Waals surface area (Å²) in [6.07, 6.45) is 2.87. The van der Waals surface area contributed by atoms with Crippen LogP contribution in [0.25, 0.3) is 0 Å². The Kier molecular flexibility index (Phi) is 6.20. The van der Waals surface area contributed by atoms with E-state index in [1.54, 1.807) is 36.1 Å². The SMILES string of the molecule is CCCC(=O)Nc1ccc(Cl)c(NC(=O)NCc2ccnn2C)c1. The minimum atomic E-state index is -0.393. The van der Waals surface area contributed by atoms with Gasteiger partial charge in [0.1, 0.15) is 0 Å².